The Morgan fingerprint density at radius 1 is 1.14 bits per heavy atom. The minimum absolute atomic E-state index is 0.0901. The fraction of sp³-hybridized carbons (Fsp3) is 0.333. The third kappa shape index (κ3) is 3.41. The van der Waals surface area contributed by atoms with Crippen molar-refractivity contribution >= 4 is 5.91 Å². The molecule has 0 saturated carbocycles. The number of piperidine rings is 1. The minimum Gasteiger partial charge on any atom is -0.389 e. The summed E-state index contributed by atoms with van der Waals surface area (Å²) in [6.07, 6.45) is 1.46. The summed E-state index contributed by atoms with van der Waals surface area (Å²) in [5.74, 6) is -0.0901. The van der Waals surface area contributed by atoms with Gasteiger partial charge < -0.3 is 10.0 Å². The molecule has 29 heavy (non-hydrogen) atoms. The van der Waals surface area contributed by atoms with Gasteiger partial charge >= 0.3 is 0 Å². The highest BCUT2D eigenvalue weighted by Crippen LogP contribution is 2.37. The van der Waals surface area contributed by atoms with Crippen LogP contribution in [0.4, 0.5) is 0 Å². The lowest BCUT2D eigenvalue weighted by atomic mass is 9.77. The summed E-state index contributed by atoms with van der Waals surface area (Å²) in [5, 5.41) is 22.2. The first kappa shape index (κ1) is 19.2. The van der Waals surface area contributed by atoms with Gasteiger partial charge in [-0.2, -0.15) is 0 Å². The number of aliphatic hydroxyl groups excluding tert-OH is 1. The van der Waals surface area contributed by atoms with E-state index < -0.39 is 11.6 Å². The van der Waals surface area contributed by atoms with Crippen molar-refractivity contribution in [3.05, 3.63) is 72.1 Å². The van der Waals surface area contributed by atoms with Crippen molar-refractivity contribution in [2.24, 2.45) is 0 Å². The number of aromatic nitrogens is 4. The topological polar surface area (TPSA) is 87.4 Å². The number of rotatable bonds is 4. The van der Waals surface area contributed by atoms with E-state index in [4.69, 9.17) is 0 Å². The van der Waals surface area contributed by atoms with E-state index in [1.807, 2.05) is 44.4 Å². The molecule has 3 aromatic rings. The average molecular weight is 392 g/mol. The van der Waals surface area contributed by atoms with Gasteiger partial charge in [-0.05, 0) is 60.8 Å². The second-order valence-corrected chi connectivity index (χ2v) is 7.50. The van der Waals surface area contributed by atoms with Crippen LogP contribution in [0.2, 0.25) is 0 Å². The largest absolute Gasteiger partial charge is 0.389 e. The molecule has 1 N–H and O–H groups in total. The van der Waals surface area contributed by atoms with Crippen molar-refractivity contribution < 1.29 is 9.90 Å². The number of hydrogen-bond acceptors (Lipinski definition) is 6. The van der Waals surface area contributed by atoms with Crippen molar-refractivity contribution in [2.75, 3.05) is 27.2 Å². The lowest BCUT2D eigenvalue weighted by Crippen LogP contribution is -2.60. The molecule has 8 heteroatoms. The van der Waals surface area contributed by atoms with Crippen LogP contribution in [0.15, 0.2) is 60.9 Å². The molecule has 2 atom stereocenters. The number of likely N-dealkylation sites (N-methyl/N-ethyl adjacent to an activating group) is 1. The van der Waals surface area contributed by atoms with Crippen molar-refractivity contribution in [2.45, 2.75) is 18.1 Å². The molecule has 1 fully saturated rings. The van der Waals surface area contributed by atoms with Gasteiger partial charge in [-0.3, -0.25) is 9.69 Å². The maximum atomic E-state index is 13.0. The first-order valence-corrected chi connectivity index (χ1v) is 9.56. The van der Waals surface area contributed by atoms with Gasteiger partial charge in [0.15, 0.2) is 0 Å². The van der Waals surface area contributed by atoms with Crippen LogP contribution in [0.5, 0.6) is 0 Å². The molecule has 150 valence electrons. The molecule has 1 aliphatic heterocycles. The highest BCUT2D eigenvalue weighted by molar-refractivity contribution is 5.94. The molecule has 1 aromatic heterocycles. The van der Waals surface area contributed by atoms with E-state index >= 15 is 0 Å². The number of hydrogen-bond donors (Lipinski definition) is 1. The van der Waals surface area contributed by atoms with E-state index in [1.54, 1.807) is 29.2 Å². The third-order valence-corrected chi connectivity index (χ3v) is 5.79. The Morgan fingerprint density at radius 3 is 2.45 bits per heavy atom. The average Bonchev–Trinajstić information content (AvgIpc) is 3.29. The van der Waals surface area contributed by atoms with E-state index in [0.29, 0.717) is 18.5 Å². The molecule has 1 saturated heterocycles. The third-order valence-electron chi connectivity index (χ3n) is 5.79. The molecule has 1 aliphatic rings. The van der Waals surface area contributed by atoms with E-state index in [2.05, 4.69) is 20.4 Å². The summed E-state index contributed by atoms with van der Waals surface area (Å²) in [7, 11) is 3.96. The van der Waals surface area contributed by atoms with Crippen molar-refractivity contribution in [3.8, 4) is 5.69 Å². The number of likely N-dealkylation sites (tertiary alicyclic amines) is 1. The van der Waals surface area contributed by atoms with Gasteiger partial charge in [0, 0.05) is 18.7 Å². The zero-order valence-corrected chi connectivity index (χ0v) is 16.5. The van der Waals surface area contributed by atoms with Crippen LogP contribution in [-0.2, 0) is 5.54 Å². The molecule has 0 unspecified atom stereocenters. The van der Waals surface area contributed by atoms with Crippen LogP contribution in [-0.4, -0.2) is 74.3 Å². The normalized spacial score (nSPS) is 22.1. The van der Waals surface area contributed by atoms with Crippen LogP contribution in [0.1, 0.15) is 22.3 Å². The predicted molar refractivity (Wildman–Crippen MR) is 107 cm³/mol. The van der Waals surface area contributed by atoms with Gasteiger partial charge in [0.25, 0.3) is 5.91 Å². The quantitative estimate of drug-likeness (QED) is 0.721. The first-order chi connectivity index (χ1) is 14.0. The summed E-state index contributed by atoms with van der Waals surface area (Å²) in [5.41, 5.74) is 1.91. The molecule has 0 bridgehead atoms. The number of carbonyl (C=O) groups is 1. The number of carbonyl (C=O) groups excluding carboxylic acids is 1. The molecular weight excluding hydrogens is 368 g/mol. The zero-order chi connectivity index (χ0) is 20.4. The summed E-state index contributed by atoms with van der Waals surface area (Å²) in [6.45, 7) is 0.846. The smallest absolute Gasteiger partial charge is 0.253 e. The Morgan fingerprint density at radius 2 is 1.86 bits per heavy atom. The number of amides is 1. The monoisotopic (exact) mass is 392 g/mol. The Bertz CT molecular complexity index is 959. The second-order valence-electron chi connectivity index (χ2n) is 7.50. The number of β-amino-alcohol motifs (C(OH)–C–C–N with tert-alkyl or cyclic N) is 1. The maximum absolute atomic E-state index is 13.0. The molecule has 0 spiro atoms. The van der Waals surface area contributed by atoms with E-state index in [-0.39, 0.29) is 12.5 Å². The van der Waals surface area contributed by atoms with E-state index in [9.17, 15) is 9.90 Å². The predicted octanol–water partition coefficient (Wildman–Crippen LogP) is 1.33. The van der Waals surface area contributed by atoms with Crippen LogP contribution < -0.4 is 0 Å². The van der Waals surface area contributed by atoms with Crippen molar-refractivity contribution in [1.82, 2.24) is 30.0 Å². The van der Waals surface area contributed by atoms with Crippen LogP contribution >= 0.6 is 0 Å². The standard InChI is InChI=1S/C21H24N6O2/c1-25(2)21(17-6-4-3-5-7-17)12-13-26(14-19(21)28)20(29)16-8-10-18(11-9-16)27-15-22-23-24-27/h3-11,15,19,28H,12-14H2,1-2H3/t19-,21+/m1/s1. The van der Waals surface area contributed by atoms with E-state index in [0.717, 1.165) is 11.3 Å². The Labute approximate surface area is 169 Å². The first-order valence-electron chi connectivity index (χ1n) is 9.56. The van der Waals surface area contributed by atoms with Gasteiger partial charge in [0.05, 0.1) is 17.3 Å². The lowest BCUT2D eigenvalue weighted by molar-refractivity contribution is -0.0612. The van der Waals surface area contributed by atoms with Crippen LogP contribution in [0, 0.1) is 0 Å². The van der Waals surface area contributed by atoms with Crippen molar-refractivity contribution in [3.63, 3.8) is 0 Å². The molecule has 4 rings (SSSR count). The number of tetrazole rings is 1. The summed E-state index contributed by atoms with van der Waals surface area (Å²) in [6, 6.07) is 17.1. The van der Waals surface area contributed by atoms with Crippen molar-refractivity contribution in [1.29, 1.82) is 0 Å². The van der Waals surface area contributed by atoms with Gasteiger partial charge in [0.2, 0.25) is 0 Å². The number of nitrogens with zero attached hydrogens (tertiary/aromatic N) is 6. The molecule has 8 nitrogen and oxygen atoms in total. The summed E-state index contributed by atoms with van der Waals surface area (Å²) >= 11 is 0. The minimum atomic E-state index is -0.696. The fourth-order valence-corrected chi connectivity index (χ4v) is 4.17. The molecule has 1 amide bonds. The van der Waals surface area contributed by atoms with Gasteiger partial charge in [-0.1, -0.05) is 30.3 Å². The highest BCUT2D eigenvalue weighted by atomic mass is 16.3. The van der Waals surface area contributed by atoms with Gasteiger partial charge in [-0.15, -0.1) is 5.10 Å². The summed E-state index contributed by atoms with van der Waals surface area (Å²) < 4.78 is 1.53. The van der Waals surface area contributed by atoms with Crippen LogP contribution in [0.3, 0.4) is 0 Å². The van der Waals surface area contributed by atoms with Gasteiger partial charge in [0.1, 0.15) is 6.33 Å². The second kappa shape index (κ2) is 7.73. The lowest BCUT2D eigenvalue weighted by Gasteiger charge is -2.49. The molecule has 2 aromatic carbocycles. The maximum Gasteiger partial charge on any atom is 0.253 e. The molecular formula is C21H24N6O2. The fourth-order valence-electron chi connectivity index (χ4n) is 4.17. The van der Waals surface area contributed by atoms with Crippen LogP contribution in [0.25, 0.3) is 5.69 Å². The zero-order valence-electron chi connectivity index (χ0n) is 16.5. The Hall–Kier alpha value is -3.10. The summed E-state index contributed by atoms with van der Waals surface area (Å²) in [4.78, 5) is 16.8. The SMILES string of the molecule is CN(C)[C@]1(c2ccccc2)CCN(C(=O)c2ccc(-n3cnnn3)cc2)C[C@H]1O. The molecule has 0 radical (unpaired) electrons. The molecule has 2 heterocycles. The van der Waals surface area contributed by atoms with Gasteiger partial charge in [-0.25, -0.2) is 4.68 Å². The Kier molecular flexibility index (Phi) is 5.12. The van der Waals surface area contributed by atoms with E-state index in [1.165, 1.54) is 11.0 Å². The Balaban J connectivity index is 1.52. The number of aliphatic hydroxyl groups is 1. The number of benzene rings is 2. The molecule has 0 aliphatic carbocycles. The highest BCUT2D eigenvalue weighted by Gasteiger charge is 2.46.